The van der Waals surface area contributed by atoms with Gasteiger partial charge in [-0.1, -0.05) is 12.8 Å². The van der Waals surface area contributed by atoms with Crippen molar-refractivity contribution in [1.29, 1.82) is 0 Å². The normalized spacial score (nSPS) is 29.1. The standard InChI is InChI=1S/C10H21NO2/c1-13-10-6-3-2-5-9(10)11-7-4-8-12/h9-12H,2-8H2,1H3. The van der Waals surface area contributed by atoms with Crippen LogP contribution < -0.4 is 5.32 Å². The molecule has 1 saturated carbocycles. The van der Waals surface area contributed by atoms with Crippen LogP contribution >= 0.6 is 0 Å². The molecule has 0 amide bonds. The van der Waals surface area contributed by atoms with Crippen molar-refractivity contribution in [1.82, 2.24) is 5.32 Å². The molecule has 0 aromatic heterocycles. The number of aliphatic hydroxyl groups is 1. The van der Waals surface area contributed by atoms with Gasteiger partial charge in [0.05, 0.1) is 6.10 Å². The highest BCUT2D eigenvalue weighted by Crippen LogP contribution is 2.20. The van der Waals surface area contributed by atoms with E-state index < -0.39 is 0 Å². The number of methoxy groups -OCH3 is 1. The van der Waals surface area contributed by atoms with Crippen molar-refractivity contribution >= 4 is 0 Å². The fourth-order valence-electron chi connectivity index (χ4n) is 1.98. The van der Waals surface area contributed by atoms with Crippen LogP contribution in [0.4, 0.5) is 0 Å². The second kappa shape index (κ2) is 6.35. The van der Waals surface area contributed by atoms with E-state index in [1.807, 2.05) is 0 Å². The number of aliphatic hydroxyl groups excluding tert-OH is 1. The fourth-order valence-corrected chi connectivity index (χ4v) is 1.98. The SMILES string of the molecule is COC1CCCCC1NCCCO. The van der Waals surface area contributed by atoms with Crippen molar-refractivity contribution in [3.8, 4) is 0 Å². The van der Waals surface area contributed by atoms with Gasteiger partial charge in [0.1, 0.15) is 0 Å². The van der Waals surface area contributed by atoms with Crippen LogP contribution in [0.2, 0.25) is 0 Å². The Bertz CT molecular complexity index is 130. The van der Waals surface area contributed by atoms with E-state index in [2.05, 4.69) is 5.32 Å². The number of ether oxygens (including phenoxy) is 1. The minimum Gasteiger partial charge on any atom is -0.396 e. The highest BCUT2D eigenvalue weighted by molar-refractivity contribution is 4.81. The summed E-state index contributed by atoms with van der Waals surface area (Å²) in [4.78, 5) is 0. The van der Waals surface area contributed by atoms with Crippen molar-refractivity contribution < 1.29 is 9.84 Å². The van der Waals surface area contributed by atoms with E-state index >= 15 is 0 Å². The molecule has 0 spiro atoms. The van der Waals surface area contributed by atoms with E-state index in [4.69, 9.17) is 9.84 Å². The van der Waals surface area contributed by atoms with Crippen LogP contribution in [0.15, 0.2) is 0 Å². The molecule has 0 aliphatic heterocycles. The van der Waals surface area contributed by atoms with Crippen molar-refractivity contribution in [2.75, 3.05) is 20.3 Å². The Morgan fingerprint density at radius 1 is 1.38 bits per heavy atom. The molecule has 0 aromatic carbocycles. The topological polar surface area (TPSA) is 41.5 Å². The summed E-state index contributed by atoms with van der Waals surface area (Å²) in [5.74, 6) is 0. The maximum atomic E-state index is 8.65. The molecule has 1 aliphatic carbocycles. The molecule has 0 heterocycles. The van der Waals surface area contributed by atoms with E-state index in [0.29, 0.717) is 12.1 Å². The van der Waals surface area contributed by atoms with Gasteiger partial charge in [-0.3, -0.25) is 0 Å². The third kappa shape index (κ3) is 3.63. The van der Waals surface area contributed by atoms with Crippen LogP contribution in [-0.4, -0.2) is 37.5 Å². The second-order valence-corrected chi connectivity index (χ2v) is 3.70. The molecule has 0 saturated heterocycles. The average molecular weight is 187 g/mol. The first-order chi connectivity index (χ1) is 6.38. The second-order valence-electron chi connectivity index (χ2n) is 3.70. The molecular formula is C10H21NO2. The Kier molecular flexibility index (Phi) is 5.35. The predicted octanol–water partition coefficient (Wildman–Crippen LogP) is 0.916. The van der Waals surface area contributed by atoms with Crippen molar-refractivity contribution in [2.45, 2.75) is 44.2 Å². The molecule has 3 nitrogen and oxygen atoms in total. The van der Waals surface area contributed by atoms with Crippen LogP contribution in [0.5, 0.6) is 0 Å². The molecule has 3 heteroatoms. The molecule has 2 N–H and O–H groups in total. The van der Waals surface area contributed by atoms with Gasteiger partial charge in [0.25, 0.3) is 0 Å². The molecule has 0 aromatic rings. The van der Waals surface area contributed by atoms with Gasteiger partial charge in [-0.25, -0.2) is 0 Å². The van der Waals surface area contributed by atoms with Gasteiger partial charge < -0.3 is 15.2 Å². The zero-order chi connectivity index (χ0) is 9.52. The predicted molar refractivity (Wildman–Crippen MR) is 52.8 cm³/mol. The molecule has 78 valence electrons. The van der Waals surface area contributed by atoms with Gasteiger partial charge in [-0.15, -0.1) is 0 Å². The molecule has 2 atom stereocenters. The van der Waals surface area contributed by atoms with Gasteiger partial charge in [-0.2, -0.15) is 0 Å². The van der Waals surface area contributed by atoms with Gasteiger partial charge >= 0.3 is 0 Å². The fraction of sp³-hybridized carbons (Fsp3) is 1.00. The van der Waals surface area contributed by atoms with Crippen molar-refractivity contribution in [2.24, 2.45) is 0 Å². The number of hydrogen-bond donors (Lipinski definition) is 2. The lowest BCUT2D eigenvalue weighted by molar-refractivity contribution is 0.0415. The Labute approximate surface area is 80.5 Å². The monoisotopic (exact) mass is 187 g/mol. The highest BCUT2D eigenvalue weighted by Gasteiger charge is 2.23. The average Bonchev–Trinajstić information content (AvgIpc) is 2.19. The summed E-state index contributed by atoms with van der Waals surface area (Å²) in [6, 6.07) is 0.505. The largest absolute Gasteiger partial charge is 0.396 e. The maximum absolute atomic E-state index is 8.65. The molecule has 1 fully saturated rings. The first kappa shape index (κ1) is 11.0. The van der Waals surface area contributed by atoms with Gasteiger partial charge in [-0.05, 0) is 25.8 Å². The smallest absolute Gasteiger partial charge is 0.0724 e. The van der Waals surface area contributed by atoms with Gasteiger partial charge in [0.2, 0.25) is 0 Å². The lowest BCUT2D eigenvalue weighted by Crippen LogP contribution is -2.43. The zero-order valence-corrected chi connectivity index (χ0v) is 8.46. The van der Waals surface area contributed by atoms with Crippen molar-refractivity contribution in [3.63, 3.8) is 0 Å². The maximum Gasteiger partial charge on any atom is 0.0724 e. The van der Waals surface area contributed by atoms with E-state index in [1.54, 1.807) is 7.11 Å². The summed E-state index contributed by atoms with van der Waals surface area (Å²) in [5, 5.41) is 12.1. The Morgan fingerprint density at radius 3 is 2.85 bits per heavy atom. The first-order valence-corrected chi connectivity index (χ1v) is 5.25. The lowest BCUT2D eigenvalue weighted by Gasteiger charge is -2.31. The van der Waals surface area contributed by atoms with Gasteiger partial charge in [0.15, 0.2) is 0 Å². The van der Waals surface area contributed by atoms with Crippen LogP contribution in [0.1, 0.15) is 32.1 Å². The third-order valence-electron chi connectivity index (χ3n) is 2.75. The summed E-state index contributed by atoms with van der Waals surface area (Å²) in [6.07, 6.45) is 6.20. The third-order valence-corrected chi connectivity index (χ3v) is 2.75. The van der Waals surface area contributed by atoms with Crippen molar-refractivity contribution in [3.05, 3.63) is 0 Å². The minimum absolute atomic E-state index is 0.275. The van der Waals surface area contributed by atoms with E-state index in [0.717, 1.165) is 13.0 Å². The summed E-state index contributed by atoms with van der Waals surface area (Å²) < 4.78 is 5.41. The Balaban J connectivity index is 2.19. The molecule has 0 bridgehead atoms. The Morgan fingerprint density at radius 2 is 2.15 bits per heavy atom. The number of nitrogens with one attached hydrogen (secondary N) is 1. The summed E-state index contributed by atoms with van der Waals surface area (Å²) in [7, 11) is 1.79. The molecule has 1 aliphatic rings. The minimum atomic E-state index is 0.275. The molecule has 2 unspecified atom stereocenters. The molecule has 1 rings (SSSR count). The van der Waals surface area contributed by atoms with E-state index in [-0.39, 0.29) is 6.61 Å². The number of hydrogen-bond acceptors (Lipinski definition) is 3. The lowest BCUT2D eigenvalue weighted by atomic mass is 9.92. The summed E-state index contributed by atoms with van der Waals surface area (Å²) >= 11 is 0. The molecule has 13 heavy (non-hydrogen) atoms. The van der Waals surface area contributed by atoms with Crippen LogP contribution in [0.3, 0.4) is 0 Å². The molecule has 0 radical (unpaired) electrons. The van der Waals surface area contributed by atoms with Gasteiger partial charge in [0, 0.05) is 19.8 Å². The summed E-state index contributed by atoms with van der Waals surface area (Å²) in [6.45, 7) is 1.18. The quantitative estimate of drug-likeness (QED) is 0.629. The highest BCUT2D eigenvalue weighted by atomic mass is 16.5. The van der Waals surface area contributed by atoms with Crippen LogP contribution in [-0.2, 0) is 4.74 Å². The first-order valence-electron chi connectivity index (χ1n) is 5.25. The van der Waals surface area contributed by atoms with E-state index in [1.165, 1.54) is 25.7 Å². The summed E-state index contributed by atoms with van der Waals surface area (Å²) in [5.41, 5.74) is 0. The number of rotatable bonds is 5. The van der Waals surface area contributed by atoms with E-state index in [9.17, 15) is 0 Å². The Hall–Kier alpha value is -0.120. The molecular weight excluding hydrogens is 166 g/mol. The van der Waals surface area contributed by atoms with Crippen LogP contribution in [0, 0.1) is 0 Å². The zero-order valence-electron chi connectivity index (χ0n) is 8.46. The van der Waals surface area contributed by atoms with Crippen LogP contribution in [0.25, 0.3) is 0 Å².